The lowest BCUT2D eigenvalue weighted by atomic mass is 10.2. The Bertz CT molecular complexity index is 607. The molecule has 2 amide bonds. The highest BCUT2D eigenvalue weighted by Gasteiger charge is 2.13. The molecule has 0 fully saturated rings. The average molecular weight is 307 g/mol. The van der Waals surface area contributed by atoms with Gasteiger partial charge in [-0.1, -0.05) is 17.7 Å². The molecule has 1 aromatic rings. The highest BCUT2D eigenvalue weighted by Crippen LogP contribution is 2.15. The number of halogens is 1. The Hall–Kier alpha value is -2.36. The zero-order chi connectivity index (χ0) is 15.8. The quantitative estimate of drug-likeness (QED) is 0.636. The second kappa shape index (κ2) is 8.04. The van der Waals surface area contributed by atoms with Gasteiger partial charge in [0.1, 0.15) is 11.6 Å². The number of nitriles is 1. The first-order valence-corrected chi connectivity index (χ1v) is 6.52. The van der Waals surface area contributed by atoms with Crippen molar-refractivity contribution < 1.29 is 9.59 Å². The fourth-order valence-corrected chi connectivity index (χ4v) is 1.70. The number of hydrogen-bond acceptors (Lipinski definition) is 4. The van der Waals surface area contributed by atoms with Gasteiger partial charge in [-0.2, -0.15) is 5.26 Å². The van der Waals surface area contributed by atoms with Crippen LogP contribution in [0.15, 0.2) is 36.0 Å². The smallest absolute Gasteiger partial charge is 0.267 e. The van der Waals surface area contributed by atoms with E-state index in [4.69, 9.17) is 22.6 Å². The second-order valence-corrected chi connectivity index (χ2v) is 4.56. The van der Waals surface area contributed by atoms with Gasteiger partial charge in [-0.25, -0.2) is 0 Å². The van der Waals surface area contributed by atoms with Crippen LogP contribution in [-0.2, 0) is 9.59 Å². The number of carbonyl (C=O) groups excluding carboxylic acids is 2. The van der Waals surface area contributed by atoms with E-state index in [1.54, 1.807) is 30.3 Å². The molecule has 21 heavy (non-hydrogen) atoms. The molecule has 1 aromatic carbocycles. The van der Waals surface area contributed by atoms with E-state index in [2.05, 4.69) is 5.32 Å². The molecule has 0 unspecified atom stereocenters. The molecule has 110 valence electrons. The third kappa shape index (κ3) is 5.26. The standard InChI is InChI=1S/C14H15ClN4O2/c1-10(20)19(6-5-16)9-11(8-17)14(21)18-13-4-2-3-12(15)7-13/h2-4,7,9H,5-6,16H2,1H3,(H,18,21)/b11-9-. The van der Waals surface area contributed by atoms with Crippen LogP contribution < -0.4 is 11.1 Å². The summed E-state index contributed by atoms with van der Waals surface area (Å²) in [5.74, 6) is -0.924. The summed E-state index contributed by atoms with van der Waals surface area (Å²) in [5, 5.41) is 12.1. The van der Waals surface area contributed by atoms with E-state index in [-0.39, 0.29) is 24.6 Å². The highest BCUT2D eigenvalue weighted by molar-refractivity contribution is 6.31. The Morgan fingerprint density at radius 2 is 2.24 bits per heavy atom. The van der Waals surface area contributed by atoms with Gasteiger partial charge in [-0.15, -0.1) is 0 Å². The molecule has 6 nitrogen and oxygen atoms in total. The van der Waals surface area contributed by atoms with Gasteiger partial charge >= 0.3 is 0 Å². The normalized spacial score (nSPS) is 10.7. The summed E-state index contributed by atoms with van der Waals surface area (Å²) in [7, 11) is 0. The van der Waals surface area contributed by atoms with Gasteiger partial charge in [-0.3, -0.25) is 9.59 Å². The number of amides is 2. The van der Waals surface area contributed by atoms with Crippen LogP contribution >= 0.6 is 11.6 Å². The first-order chi connectivity index (χ1) is 9.97. The molecule has 0 aliphatic carbocycles. The number of carbonyl (C=O) groups is 2. The van der Waals surface area contributed by atoms with Crippen LogP contribution in [0.3, 0.4) is 0 Å². The van der Waals surface area contributed by atoms with Crippen molar-refractivity contribution in [2.75, 3.05) is 18.4 Å². The largest absolute Gasteiger partial charge is 0.329 e. The van der Waals surface area contributed by atoms with Gasteiger partial charge in [0.05, 0.1) is 0 Å². The molecule has 0 aliphatic rings. The van der Waals surface area contributed by atoms with Crippen LogP contribution in [0.25, 0.3) is 0 Å². The van der Waals surface area contributed by atoms with Gasteiger partial charge in [0, 0.05) is 36.9 Å². The van der Waals surface area contributed by atoms with Crippen LogP contribution in [0.4, 0.5) is 5.69 Å². The number of anilines is 1. The Balaban J connectivity index is 2.91. The lowest BCUT2D eigenvalue weighted by Gasteiger charge is -2.15. The molecule has 0 heterocycles. The van der Waals surface area contributed by atoms with Crippen molar-refractivity contribution in [2.45, 2.75) is 6.92 Å². The van der Waals surface area contributed by atoms with Gasteiger partial charge in [0.25, 0.3) is 5.91 Å². The summed E-state index contributed by atoms with van der Waals surface area (Å²) < 4.78 is 0. The van der Waals surface area contributed by atoms with E-state index in [0.717, 1.165) is 0 Å². The van der Waals surface area contributed by atoms with E-state index in [0.29, 0.717) is 10.7 Å². The molecule has 3 N–H and O–H groups in total. The van der Waals surface area contributed by atoms with Crippen molar-refractivity contribution in [3.05, 3.63) is 41.1 Å². The maximum Gasteiger partial charge on any atom is 0.267 e. The Morgan fingerprint density at radius 3 is 2.76 bits per heavy atom. The zero-order valence-electron chi connectivity index (χ0n) is 11.5. The van der Waals surface area contributed by atoms with Crippen LogP contribution in [0.1, 0.15) is 6.92 Å². The monoisotopic (exact) mass is 306 g/mol. The Morgan fingerprint density at radius 1 is 1.52 bits per heavy atom. The number of benzene rings is 1. The molecule has 0 saturated carbocycles. The van der Waals surface area contributed by atoms with Gasteiger partial charge in [0.2, 0.25) is 5.91 Å². The maximum atomic E-state index is 12.0. The predicted molar refractivity (Wildman–Crippen MR) is 80.2 cm³/mol. The molecule has 7 heteroatoms. The number of nitrogens with zero attached hydrogens (tertiary/aromatic N) is 2. The predicted octanol–water partition coefficient (Wildman–Crippen LogP) is 1.49. The lowest BCUT2D eigenvalue weighted by Crippen LogP contribution is -2.30. The molecule has 0 aliphatic heterocycles. The lowest BCUT2D eigenvalue weighted by molar-refractivity contribution is -0.126. The van der Waals surface area contributed by atoms with Crippen LogP contribution in [0, 0.1) is 11.3 Å². The number of rotatable bonds is 5. The molecule has 0 radical (unpaired) electrons. The van der Waals surface area contributed by atoms with Crippen molar-refractivity contribution >= 4 is 29.1 Å². The van der Waals surface area contributed by atoms with Crippen LogP contribution in [-0.4, -0.2) is 29.8 Å². The SMILES string of the molecule is CC(=O)N(/C=C(/C#N)C(=O)Nc1cccc(Cl)c1)CCN. The molecule has 0 bridgehead atoms. The minimum absolute atomic E-state index is 0.196. The van der Waals surface area contributed by atoms with Crippen LogP contribution in [0.5, 0.6) is 0 Å². The highest BCUT2D eigenvalue weighted by atomic mass is 35.5. The van der Waals surface area contributed by atoms with Crippen molar-refractivity contribution in [2.24, 2.45) is 5.73 Å². The number of hydrogen-bond donors (Lipinski definition) is 2. The Labute approximate surface area is 127 Å². The third-order valence-corrected chi connectivity index (χ3v) is 2.74. The maximum absolute atomic E-state index is 12.0. The topological polar surface area (TPSA) is 99.2 Å². The van der Waals surface area contributed by atoms with Crippen LogP contribution in [0.2, 0.25) is 5.02 Å². The van der Waals surface area contributed by atoms with E-state index >= 15 is 0 Å². The molecule has 0 aromatic heterocycles. The fraction of sp³-hybridized carbons (Fsp3) is 0.214. The number of nitrogens with one attached hydrogen (secondary N) is 1. The molecule has 1 rings (SSSR count). The van der Waals surface area contributed by atoms with E-state index in [9.17, 15) is 9.59 Å². The molecular weight excluding hydrogens is 292 g/mol. The summed E-state index contributed by atoms with van der Waals surface area (Å²) in [6.07, 6.45) is 1.19. The van der Waals surface area contributed by atoms with Crippen molar-refractivity contribution in [3.63, 3.8) is 0 Å². The molecule has 0 atom stereocenters. The summed E-state index contributed by atoms with van der Waals surface area (Å²) >= 11 is 5.81. The van der Waals surface area contributed by atoms with Gasteiger partial charge in [0.15, 0.2) is 0 Å². The number of nitrogens with two attached hydrogens (primary N) is 1. The minimum Gasteiger partial charge on any atom is -0.329 e. The summed E-state index contributed by atoms with van der Waals surface area (Å²) in [6.45, 7) is 1.78. The molecule has 0 spiro atoms. The Kier molecular flexibility index (Phi) is 6.40. The summed E-state index contributed by atoms with van der Waals surface area (Å²) in [5.41, 5.74) is 5.64. The first-order valence-electron chi connectivity index (χ1n) is 6.14. The first kappa shape index (κ1) is 16.7. The van der Waals surface area contributed by atoms with Gasteiger partial charge < -0.3 is 16.0 Å². The van der Waals surface area contributed by atoms with E-state index in [1.165, 1.54) is 18.0 Å². The summed E-state index contributed by atoms with van der Waals surface area (Å²) in [4.78, 5) is 24.6. The fourth-order valence-electron chi connectivity index (χ4n) is 1.51. The second-order valence-electron chi connectivity index (χ2n) is 4.12. The third-order valence-electron chi connectivity index (χ3n) is 2.51. The zero-order valence-corrected chi connectivity index (χ0v) is 12.2. The van der Waals surface area contributed by atoms with Crippen molar-refractivity contribution in [1.82, 2.24) is 4.90 Å². The molecular formula is C14H15ClN4O2. The minimum atomic E-state index is -0.622. The summed E-state index contributed by atoms with van der Waals surface area (Å²) in [6, 6.07) is 8.29. The average Bonchev–Trinajstić information content (AvgIpc) is 2.43. The van der Waals surface area contributed by atoms with Crippen molar-refractivity contribution in [3.8, 4) is 6.07 Å². The van der Waals surface area contributed by atoms with Crippen molar-refractivity contribution in [1.29, 1.82) is 5.26 Å². The van der Waals surface area contributed by atoms with E-state index in [1.807, 2.05) is 0 Å². The van der Waals surface area contributed by atoms with Gasteiger partial charge in [-0.05, 0) is 18.2 Å². The molecule has 0 saturated heterocycles. The van der Waals surface area contributed by atoms with E-state index < -0.39 is 5.91 Å².